The highest BCUT2D eigenvalue weighted by molar-refractivity contribution is 6.35. The molecule has 1 aliphatic rings. The number of halogens is 2. The maximum Gasteiger partial charge on any atom is 0.0641 e. The van der Waals surface area contributed by atoms with E-state index in [9.17, 15) is 0 Å². The molecule has 16 heavy (non-hydrogen) atoms. The topological polar surface area (TPSA) is 12.0 Å². The normalized spacial score (nSPS) is 19.8. The van der Waals surface area contributed by atoms with Crippen molar-refractivity contribution in [2.24, 2.45) is 0 Å². The Morgan fingerprint density at radius 1 is 1.25 bits per heavy atom. The standard InChI is InChI=1S/C13H15Cl2N/c1-9-7-12(15)13(8-11(9)14)16-10-5-3-2-4-6-10/h3,5,7-8,10,16H,2,4,6H2,1H3. The second-order valence-corrected chi connectivity index (χ2v) is 5.01. The van der Waals surface area contributed by atoms with E-state index in [-0.39, 0.29) is 0 Å². The van der Waals surface area contributed by atoms with Gasteiger partial charge in [-0.15, -0.1) is 0 Å². The first-order valence-corrected chi connectivity index (χ1v) is 6.31. The molecule has 0 saturated carbocycles. The fourth-order valence-corrected chi connectivity index (χ4v) is 2.33. The third-order valence-electron chi connectivity index (χ3n) is 2.84. The summed E-state index contributed by atoms with van der Waals surface area (Å²) in [4.78, 5) is 0. The maximum absolute atomic E-state index is 6.18. The Hall–Kier alpha value is -0.660. The van der Waals surface area contributed by atoms with E-state index in [0.717, 1.165) is 27.7 Å². The lowest BCUT2D eigenvalue weighted by Gasteiger charge is -2.20. The van der Waals surface area contributed by atoms with Crippen molar-refractivity contribution in [1.29, 1.82) is 0 Å². The third-order valence-corrected chi connectivity index (χ3v) is 3.56. The molecule has 0 spiro atoms. The molecule has 86 valence electrons. The van der Waals surface area contributed by atoms with E-state index in [1.54, 1.807) is 0 Å². The molecule has 0 saturated heterocycles. The fourth-order valence-electron chi connectivity index (χ4n) is 1.89. The molecule has 0 aliphatic heterocycles. The highest BCUT2D eigenvalue weighted by atomic mass is 35.5. The minimum atomic E-state index is 0.380. The van der Waals surface area contributed by atoms with Gasteiger partial charge in [0.1, 0.15) is 0 Å². The van der Waals surface area contributed by atoms with Gasteiger partial charge in [0.25, 0.3) is 0 Å². The summed E-state index contributed by atoms with van der Waals surface area (Å²) in [6.07, 6.45) is 7.97. The van der Waals surface area contributed by atoms with Crippen LogP contribution in [0.3, 0.4) is 0 Å². The molecule has 1 aromatic carbocycles. The molecule has 1 atom stereocenters. The number of anilines is 1. The molecule has 1 unspecified atom stereocenters. The number of rotatable bonds is 2. The van der Waals surface area contributed by atoms with Crippen LogP contribution >= 0.6 is 23.2 Å². The number of nitrogens with one attached hydrogen (secondary N) is 1. The number of hydrogen-bond acceptors (Lipinski definition) is 1. The highest BCUT2D eigenvalue weighted by Gasteiger charge is 2.11. The molecule has 0 fully saturated rings. The zero-order valence-electron chi connectivity index (χ0n) is 9.26. The Bertz CT molecular complexity index is 413. The van der Waals surface area contributed by atoms with Crippen LogP contribution in [-0.2, 0) is 0 Å². The smallest absolute Gasteiger partial charge is 0.0641 e. The lowest BCUT2D eigenvalue weighted by molar-refractivity contribution is 0.674. The summed E-state index contributed by atoms with van der Waals surface area (Å²) in [5, 5.41) is 4.91. The molecule has 1 aliphatic carbocycles. The number of aryl methyl sites for hydroxylation is 1. The van der Waals surface area contributed by atoms with Gasteiger partial charge < -0.3 is 5.32 Å². The summed E-state index contributed by atoms with van der Waals surface area (Å²) >= 11 is 12.3. The molecule has 0 heterocycles. The Labute approximate surface area is 106 Å². The summed E-state index contributed by atoms with van der Waals surface area (Å²) in [6, 6.07) is 4.19. The van der Waals surface area contributed by atoms with Gasteiger partial charge >= 0.3 is 0 Å². The lowest BCUT2D eigenvalue weighted by Crippen LogP contribution is -2.18. The Kier molecular flexibility index (Phi) is 3.78. The summed E-state index contributed by atoms with van der Waals surface area (Å²) in [7, 11) is 0. The van der Waals surface area contributed by atoms with Crippen molar-refractivity contribution in [3.8, 4) is 0 Å². The van der Waals surface area contributed by atoms with Crippen molar-refractivity contribution in [3.63, 3.8) is 0 Å². The van der Waals surface area contributed by atoms with Crippen molar-refractivity contribution >= 4 is 28.9 Å². The van der Waals surface area contributed by atoms with Crippen molar-refractivity contribution < 1.29 is 0 Å². The monoisotopic (exact) mass is 255 g/mol. The molecule has 1 nitrogen and oxygen atoms in total. The van der Waals surface area contributed by atoms with E-state index < -0.39 is 0 Å². The van der Waals surface area contributed by atoms with Crippen LogP contribution in [0.2, 0.25) is 10.0 Å². The quantitative estimate of drug-likeness (QED) is 0.748. The second-order valence-electron chi connectivity index (χ2n) is 4.19. The molecule has 0 radical (unpaired) electrons. The van der Waals surface area contributed by atoms with Gasteiger partial charge in [0.15, 0.2) is 0 Å². The van der Waals surface area contributed by atoms with Crippen molar-refractivity contribution in [2.75, 3.05) is 5.32 Å². The number of allylic oxidation sites excluding steroid dienone is 1. The van der Waals surface area contributed by atoms with Gasteiger partial charge in [-0.2, -0.15) is 0 Å². The van der Waals surface area contributed by atoms with Gasteiger partial charge in [-0.3, -0.25) is 0 Å². The van der Waals surface area contributed by atoms with Gasteiger partial charge in [0, 0.05) is 11.1 Å². The summed E-state index contributed by atoms with van der Waals surface area (Å²) < 4.78 is 0. The molecular formula is C13H15Cl2N. The molecular weight excluding hydrogens is 241 g/mol. The van der Waals surface area contributed by atoms with E-state index in [4.69, 9.17) is 23.2 Å². The van der Waals surface area contributed by atoms with E-state index in [1.165, 1.54) is 12.8 Å². The van der Waals surface area contributed by atoms with Crippen LogP contribution in [0.15, 0.2) is 24.3 Å². The molecule has 2 rings (SSSR count). The minimum Gasteiger partial charge on any atom is -0.378 e. The number of benzene rings is 1. The van der Waals surface area contributed by atoms with Gasteiger partial charge in [0.05, 0.1) is 10.7 Å². The van der Waals surface area contributed by atoms with Crippen LogP contribution in [0.25, 0.3) is 0 Å². The minimum absolute atomic E-state index is 0.380. The predicted molar refractivity (Wildman–Crippen MR) is 71.6 cm³/mol. The predicted octanol–water partition coefficient (Wildman–Crippen LogP) is 4.82. The molecule has 3 heteroatoms. The highest BCUT2D eigenvalue weighted by Crippen LogP contribution is 2.30. The van der Waals surface area contributed by atoms with Crippen LogP contribution in [-0.4, -0.2) is 6.04 Å². The largest absolute Gasteiger partial charge is 0.378 e. The van der Waals surface area contributed by atoms with E-state index >= 15 is 0 Å². The number of hydrogen-bond donors (Lipinski definition) is 1. The Morgan fingerprint density at radius 3 is 2.75 bits per heavy atom. The van der Waals surface area contributed by atoms with E-state index in [2.05, 4.69) is 17.5 Å². The Morgan fingerprint density at radius 2 is 2.06 bits per heavy atom. The van der Waals surface area contributed by atoms with Crippen molar-refractivity contribution in [3.05, 3.63) is 39.9 Å². The van der Waals surface area contributed by atoms with Crippen LogP contribution < -0.4 is 5.32 Å². The average Bonchev–Trinajstić information content (AvgIpc) is 2.27. The summed E-state index contributed by atoms with van der Waals surface area (Å²) in [5.41, 5.74) is 1.94. The third kappa shape index (κ3) is 2.72. The van der Waals surface area contributed by atoms with Crippen LogP contribution in [0, 0.1) is 6.92 Å². The second kappa shape index (κ2) is 5.11. The van der Waals surface area contributed by atoms with E-state index in [1.807, 2.05) is 19.1 Å². The van der Waals surface area contributed by atoms with Crippen LogP contribution in [0.5, 0.6) is 0 Å². The SMILES string of the molecule is Cc1cc(Cl)c(NC2C=CCCC2)cc1Cl. The first-order valence-electron chi connectivity index (χ1n) is 5.55. The zero-order valence-corrected chi connectivity index (χ0v) is 10.8. The molecule has 0 bridgehead atoms. The van der Waals surface area contributed by atoms with Gasteiger partial charge in [0.2, 0.25) is 0 Å². The molecule has 0 aromatic heterocycles. The Balaban J connectivity index is 2.17. The van der Waals surface area contributed by atoms with Crippen LogP contribution in [0.1, 0.15) is 24.8 Å². The van der Waals surface area contributed by atoms with Gasteiger partial charge in [-0.25, -0.2) is 0 Å². The molecule has 1 N–H and O–H groups in total. The molecule has 0 amide bonds. The van der Waals surface area contributed by atoms with Crippen molar-refractivity contribution in [1.82, 2.24) is 0 Å². The van der Waals surface area contributed by atoms with Crippen molar-refractivity contribution in [2.45, 2.75) is 32.2 Å². The van der Waals surface area contributed by atoms with Crippen LogP contribution in [0.4, 0.5) is 5.69 Å². The first kappa shape index (κ1) is 11.8. The summed E-state index contributed by atoms with van der Waals surface area (Å²) in [6.45, 7) is 1.96. The first-order chi connectivity index (χ1) is 7.66. The van der Waals surface area contributed by atoms with E-state index in [0.29, 0.717) is 6.04 Å². The summed E-state index contributed by atoms with van der Waals surface area (Å²) in [5.74, 6) is 0. The fraction of sp³-hybridized carbons (Fsp3) is 0.385. The zero-order chi connectivity index (χ0) is 11.5. The maximum atomic E-state index is 6.18. The average molecular weight is 256 g/mol. The van der Waals surface area contributed by atoms with Gasteiger partial charge in [-0.05, 0) is 43.9 Å². The van der Waals surface area contributed by atoms with Gasteiger partial charge in [-0.1, -0.05) is 35.4 Å². The molecule has 1 aromatic rings. The lowest BCUT2D eigenvalue weighted by atomic mass is 10.0.